The fraction of sp³-hybridized carbons (Fsp3) is 0.257. The van der Waals surface area contributed by atoms with Crippen LogP contribution >= 0.6 is 0 Å². The first kappa shape index (κ1) is 26.9. The summed E-state index contributed by atoms with van der Waals surface area (Å²) in [6.45, 7) is 9.73. The standard InChI is InChI=1S/C35H36FN5/c1-4-7-30(27-12-22(2)13-29(36)15-27)31-17-34(39-23(31)3)35-32-16-26(10-11-33(32)40-41-35)28-14-25(20-38-21-28)19-37-18-24-8-5-6-9-24/h4,7,10-17,20-21,24,37,39H,1,5-6,8-9,18-19H2,2-3H3,(H,40,41)/b30-7-. The van der Waals surface area contributed by atoms with Gasteiger partial charge < -0.3 is 10.3 Å². The van der Waals surface area contributed by atoms with Gasteiger partial charge in [-0.3, -0.25) is 10.1 Å². The summed E-state index contributed by atoms with van der Waals surface area (Å²) in [6.07, 6.45) is 13.0. The summed E-state index contributed by atoms with van der Waals surface area (Å²) in [6, 6.07) is 15.8. The van der Waals surface area contributed by atoms with Gasteiger partial charge in [0.2, 0.25) is 0 Å². The van der Waals surface area contributed by atoms with Crippen molar-refractivity contribution in [3.63, 3.8) is 0 Å². The zero-order valence-electron chi connectivity index (χ0n) is 23.7. The third kappa shape index (κ3) is 5.79. The maximum absolute atomic E-state index is 14.3. The van der Waals surface area contributed by atoms with Crippen LogP contribution in [0.1, 0.15) is 53.6 Å². The molecule has 0 spiro atoms. The molecular weight excluding hydrogens is 509 g/mol. The Hall–Kier alpha value is -4.29. The van der Waals surface area contributed by atoms with Crippen LogP contribution in [-0.2, 0) is 6.54 Å². The molecule has 0 aliphatic heterocycles. The van der Waals surface area contributed by atoms with E-state index < -0.39 is 0 Å². The van der Waals surface area contributed by atoms with E-state index in [9.17, 15) is 4.39 Å². The predicted octanol–water partition coefficient (Wildman–Crippen LogP) is 8.27. The second kappa shape index (κ2) is 11.7. The van der Waals surface area contributed by atoms with Gasteiger partial charge >= 0.3 is 0 Å². The number of hydrogen-bond donors (Lipinski definition) is 3. The summed E-state index contributed by atoms with van der Waals surface area (Å²) >= 11 is 0. The summed E-state index contributed by atoms with van der Waals surface area (Å²) in [4.78, 5) is 8.06. The first-order valence-electron chi connectivity index (χ1n) is 14.4. The molecular formula is C35H36FN5. The number of fused-ring (bicyclic) bond motifs is 1. The Kier molecular flexibility index (Phi) is 7.66. The van der Waals surface area contributed by atoms with E-state index in [1.165, 1.54) is 37.3 Å². The quantitative estimate of drug-likeness (QED) is 0.163. The minimum atomic E-state index is -0.252. The number of aromatic amines is 2. The molecule has 0 bridgehead atoms. The molecule has 0 unspecified atom stereocenters. The predicted molar refractivity (Wildman–Crippen MR) is 166 cm³/mol. The molecule has 3 aromatic heterocycles. The van der Waals surface area contributed by atoms with Crippen molar-refractivity contribution in [1.29, 1.82) is 0 Å². The Morgan fingerprint density at radius 2 is 1.90 bits per heavy atom. The topological polar surface area (TPSA) is 69.4 Å². The monoisotopic (exact) mass is 545 g/mol. The van der Waals surface area contributed by atoms with E-state index in [1.807, 2.05) is 38.4 Å². The van der Waals surface area contributed by atoms with Gasteiger partial charge in [0.25, 0.3) is 0 Å². The molecule has 5 nitrogen and oxygen atoms in total. The van der Waals surface area contributed by atoms with E-state index in [2.05, 4.69) is 62.4 Å². The maximum atomic E-state index is 14.3. The van der Waals surface area contributed by atoms with E-state index in [0.29, 0.717) is 0 Å². The molecule has 41 heavy (non-hydrogen) atoms. The molecule has 1 fully saturated rings. The van der Waals surface area contributed by atoms with Crippen molar-refractivity contribution in [3.05, 3.63) is 113 Å². The van der Waals surface area contributed by atoms with Crippen molar-refractivity contribution >= 4 is 16.5 Å². The Morgan fingerprint density at radius 1 is 1.05 bits per heavy atom. The van der Waals surface area contributed by atoms with Crippen molar-refractivity contribution < 1.29 is 4.39 Å². The molecule has 1 saturated carbocycles. The number of benzene rings is 2. The second-order valence-electron chi connectivity index (χ2n) is 11.3. The van der Waals surface area contributed by atoms with Crippen LogP contribution in [0.15, 0.2) is 79.7 Å². The number of aryl methyl sites for hydroxylation is 2. The normalized spacial score (nSPS) is 14.3. The lowest BCUT2D eigenvalue weighted by Gasteiger charge is -2.11. The lowest BCUT2D eigenvalue weighted by atomic mass is 9.96. The molecule has 6 heteroatoms. The largest absolute Gasteiger partial charge is 0.357 e. The molecule has 1 aliphatic rings. The first-order chi connectivity index (χ1) is 20.0. The van der Waals surface area contributed by atoms with Gasteiger partial charge in [-0.1, -0.05) is 43.7 Å². The summed E-state index contributed by atoms with van der Waals surface area (Å²) in [5.41, 5.74) is 10.6. The zero-order valence-corrected chi connectivity index (χ0v) is 23.7. The average molecular weight is 546 g/mol. The summed E-state index contributed by atoms with van der Waals surface area (Å²) in [5, 5.41) is 12.5. The Labute approximate surface area is 240 Å². The van der Waals surface area contributed by atoms with E-state index >= 15 is 0 Å². The zero-order chi connectivity index (χ0) is 28.3. The molecule has 0 radical (unpaired) electrons. The van der Waals surface area contributed by atoms with E-state index in [4.69, 9.17) is 0 Å². The number of nitrogens with zero attached hydrogens (tertiary/aromatic N) is 2. The van der Waals surface area contributed by atoms with Crippen LogP contribution in [0.2, 0.25) is 0 Å². The number of hydrogen-bond acceptors (Lipinski definition) is 3. The molecule has 208 valence electrons. The first-order valence-corrected chi connectivity index (χ1v) is 14.4. The summed E-state index contributed by atoms with van der Waals surface area (Å²) in [5.74, 6) is 0.559. The second-order valence-corrected chi connectivity index (χ2v) is 11.3. The van der Waals surface area contributed by atoms with Gasteiger partial charge in [-0.2, -0.15) is 5.10 Å². The lowest BCUT2D eigenvalue weighted by molar-refractivity contribution is 0.489. The number of pyridine rings is 1. The molecule has 3 heterocycles. The summed E-state index contributed by atoms with van der Waals surface area (Å²) in [7, 11) is 0. The van der Waals surface area contributed by atoms with Crippen LogP contribution in [0.25, 0.3) is 39.0 Å². The van der Waals surface area contributed by atoms with Gasteiger partial charge in [-0.05, 0) is 103 Å². The number of nitrogens with one attached hydrogen (secondary N) is 3. The van der Waals surface area contributed by atoms with E-state index in [-0.39, 0.29) is 5.82 Å². The number of allylic oxidation sites excluding steroid dienone is 2. The number of rotatable bonds is 9. The van der Waals surface area contributed by atoms with Gasteiger partial charge in [0.05, 0.1) is 11.2 Å². The molecule has 1 aliphatic carbocycles. The van der Waals surface area contributed by atoms with Crippen molar-refractivity contribution in [3.8, 4) is 22.5 Å². The highest BCUT2D eigenvalue weighted by Crippen LogP contribution is 2.35. The highest BCUT2D eigenvalue weighted by Gasteiger charge is 2.18. The van der Waals surface area contributed by atoms with Crippen molar-refractivity contribution in [2.24, 2.45) is 5.92 Å². The molecule has 0 saturated heterocycles. The minimum absolute atomic E-state index is 0.252. The highest BCUT2D eigenvalue weighted by atomic mass is 19.1. The van der Waals surface area contributed by atoms with Crippen LogP contribution in [0.4, 0.5) is 4.39 Å². The van der Waals surface area contributed by atoms with Gasteiger partial charge in [0, 0.05) is 41.1 Å². The third-order valence-electron chi connectivity index (χ3n) is 8.13. The Bertz CT molecular complexity index is 1710. The van der Waals surface area contributed by atoms with Gasteiger partial charge in [-0.25, -0.2) is 4.39 Å². The number of halogens is 1. The fourth-order valence-electron chi connectivity index (χ4n) is 6.09. The number of H-pyrrole nitrogens is 2. The molecule has 3 N–H and O–H groups in total. The maximum Gasteiger partial charge on any atom is 0.124 e. The average Bonchev–Trinajstić information content (AvgIpc) is 3.71. The Balaban J connectivity index is 1.30. The Morgan fingerprint density at radius 3 is 2.71 bits per heavy atom. The van der Waals surface area contributed by atoms with Crippen LogP contribution in [0.5, 0.6) is 0 Å². The van der Waals surface area contributed by atoms with Crippen LogP contribution < -0.4 is 5.32 Å². The van der Waals surface area contributed by atoms with Crippen LogP contribution in [-0.4, -0.2) is 26.7 Å². The fourth-order valence-corrected chi connectivity index (χ4v) is 6.09. The van der Waals surface area contributed by atoms with Gasteiger partial charge in [-0.15, -0.1) is 0 Å². The minimum Gasteiger partial charge on any atom is -0.357 e. The molecule has 5 aromatic rings. The third-order valence-corrected chi connectivity index (χ3v) is 8.13. The molecule has 0 amide bonds. The number of aromatic nitrogens is 4. The van der Waals surface area contributed by atoms with E-state index in [0.717, 1.165) is 80.4 Å². The van der Waals surface area contributed by atoms with Crippen molar-refractivity contribution in [1.82, 2.24) is 25.5 Å². The van der Waals surface area contributed by atoms with Gasteiger partial charge in [0.1, 0.15) is 11.5 Å². The van der Waals surface area contributed by atoms with Crippen molar-refractivity contribution in [2.75, 3.05) is 6.54 Å². The van der Waals surface area contributed by atoms with Crippen LogP contribution in [0, 0.1) is 25.6 Å². The molecule has 2 aromatic carbocycles. The lowest BCUT2D eigenvalue weighted by Crippen LogP contribution is -2.20. The molecule has 6 rings (SSSR count). The SMILES string of the molecule is C=C/C=C(/c1cc(C)cc(F)c1)c1cc(-c2n[nH]c3ccc(-c4cncc(CNCC5CCCC5)c4)cc23)[nH]c1C. The van der Waals surface area contributed by atoms with Gasteiger partial charge in [0.15, 0.2) is 0 Å². The highest BCUT2D eigenvalue weighted by molar-refractivity contribution is 5.96. The van der Waals surface area contributed by atoms with E-state index in [1.54, 1.807) is 12.1 Å². The molecule has 0 atom stereocenters. The summed E-state index contributed by atoms with van der Waals surface area (Å²) < 4.78 is 14.3. The van der Waals surface area contributed by atoms with Crippen molar-refractivity contribution in [2.45, 2.75) is 46.1 Å². The smallest absolute Gasteiger partial charge is 0.124 e. The van der Waals surface area contributed by atoms with Crippen LogP contribution in [0.3, 0.4) is 0 Å².